The maximum absolute atomic E-state index is 4.53. The van der Waals surface area contributed by atoms with E-state index in [0.717, 1.165) is 18.7 Å². The van der Waals surface area contributed by atoms with E-state index < -0.39 is 0 Å². The molecule has 0 N–H and O–H groups in total. The number of hydrogen-bond donors (Lipinski definition) is 0. The topological polar surface area (TPSA) is 17.8 Å². The van der Waals surface area contributed by atoms with Crippen LogP contribution in [0.5, 0.6) is 0 Å². The number of aryl methyl sites for hydroxylation is 2. The van der Waals surface area contributed by atoms with Crippen LogP contribution in [0, 0.1) is 0 Å². The molecule has 0 aliphatic carbocycles. The van der Waals surface area contributed by atoms with E-state index >= 15 is 0 Å². The van der Waals surface area contributed by atoms with Crippen LogP contribution in [0.15, 0.2) is 4.60 Å². The van der Waals surface area contributed by atoms with Gasteiger partial charge in [0.1, 0.15) is 4.60 Å². The minimum atomic E-state index is 0.957. The van der Waals surface area contributed by atoms with Crippen LogP contribution in [-0.4, -0.2) is 15.5 Å². The van der Waals surface area contributed by atoms with Crippen LogP contribution in [0.25, 0.3) is 0 Å². The number of aromatic nitrogens is 2. The first-order valence-corrected chi connectivity index (χ1v) is 6.09. The molecule has 1 aromatic rings. The smallest absolute Gasteiger partial charge is 0.108 e. The number of halogens is 1. The predicted octanol–water partition coefficient (Wildman–Crippen LogP) is 2.45. The average molecular weight is 247 g/mol. The first kappa shape index (κ1) is 8.63. The summed E-state index contributed by atoms with van der Waals surface area (Å²) in [5.74, 6) is 2.34. The normalized spacial score (nSPS) is 16.2. The van der Waals surface area contributed by atoms with E-state index in [1.54, 1.807) is 0 Å². The Kier molecular flexibility index (Phi) is 2.46. The Morgan fingerprint density at radius 2 is 2.50 bits per heavy atom. The van der Waals surface area contributed by atoms with Crippen LogP contribution in [-0.2, 0) is 18.7 Å². The largest absolute Gasteiger partial charge is 0.258 e. The lowest BCUT2D eigenvalue weighted by Gasteiger charge is -2.07. The minimum absolute atomic E-state index is 0.957. The Labute approximate surface area is 84.8 Å². The summed E-state index contributed by atoms with van der Waals surface area (Å²) >= 11 is 5.58. The molecule has 1 aliphatic rings. The van der Waals surface area contributed by atoms with Gasteiger partial charge in [0.15, 0.2) is 0 Å². The van der Waals surface area contributed by atoms with Crippen LogP contribution in [0.2, 0.25) is 0 Å². The SMILES string of the molecule is CCn1nc2c(c1Br)CSCC2. The molecule has 0 radical (unpaired) electrons. The Morgan fingerprint density at radius 1 is 1.67 bits per heavy atom. The van der Waals surface area contributed by atoms with E-state index in [1.165, 1.54) is 21.6 Å². The third-order valence-corrected chi connectivity index (χ3v) is 3.97. The molecule has 4 heteroatoms. The van der Waals surface area contributed by atoms with Gasteiger partial charge < -0.3 is 0 Å². The first-order chi connectivity index (χ1) is 5.83. The lowest BCUT2D eigenvalue weighted by atomic mass is 10.2. The zero-order chi connectivity index (χ0) is 8.55. The second-order valence-electron chi connectivity index (χ2n) is 2.83. The Morgan fingerprint density at radius 3 is 3.17 bits per heavy atom. The van der Waals surface area contributed by atoms with Crippen LogP contribution >= 0.6 is 27.7 Å². The van der Waals surface area contributed by atoms with Gasteiger partial charge in [-0.05, 0) is 28.6 Å². The molecule has 66 valence electrons. The van der Waals surface area contributed by atoms with Crippen molar-refractivity contribution in [3.05, 3.63) is 15.9 Å². The van der Waals surface area contributed by atoms with E-state index in [9.17, 15) is 0 Å². The number of nitrogens with zero attached hydrogens (tertiary/aromatic N) is 2. The molecule has 0 amide bonds. The molecule has 1 aromatic heterocycles. The lowest BCUT2D eigenvalue weighted by Crippen LogP contribution is -2.00. The molecule has 0 spiro atoms. The lowest BCUT2D eigenvalue weighted by molar-refractivity contribution is 0.635. The summed E-state index contributed by atoms with van der Waals surface area (Å²) in [7, 11) is 0. The van der Waals surface area contributed by atoms with Gasteiger partial charge in [0.25, 0.3) is 0 Å². The van der Waals surface area contributed by atoms with Gasteiger partial charge in [-0.15, -0.1) is 0 Å². The summed E-state index contributed by atoms with van der Waals surface area (Å²) < 4.78 is 3.23. The van der Waals surface area contributed by atoms with E-state index in [-0.39, 0.29) is 0 Å². The molecule has 0 atom stereocenters. The summed E-state index contributed by atoms with van der Waals surface area (Å²) in [6.07, 6.45) is 1.13. The summed E-state index contributed by atoms with van der Waals surface area (Å²) in [5.41, 5.74) is 2.70. The molecule has 0 fully saturated rings. The summed E-state index contributed by atoms with van der Waals surface area (Å²) in [6.45, 7) is 3.08. The van der Waals surface area contributed by atoms with E-state index in [0.29, 0.717) is 0 Å². The van der Waals surface area contributed by atoms with Crippen molar-refractivity contribution in [1.82, 2.24) is 9.78 Å². The molecule has 2 nitrogen and oxygen atoms in total. The van der Waals surface area contributed by atoms with Gasteiger partial charge in [0, 0.05) is 24.3 Å². The van der Waals surface area contributed by atoms with Crippen LogP contribution in [0.4, 0.5) is 0 Å². The molecule has 0 unspecified atom stereocenters. The van der Waals surface area contributed by atoms with Crippen molar-refractivity contribution in [3.8, 4) is 0 Å². The number of rotatable bonds is 1. The monoisotopic (exact) mass is 246 g/mol. The highest BCUT2D eigenvalue weighted by atomic mass is 79.9. The van der Waals surface area contributed by atoms with Crippen molar-refractivity contribution in [1.29, 1.82) is 0 Å². The fourth-order valence-corrected chi connectivity index (χ4v) is 3.30. The van der Waals surface area contributed by atoms with Gasteiger partial charge in [0.05, 0.1) is 5.69 Å². The average Bonchev–Trinajstić information content (AvgIpc) is 2.44. The van der Waals surface area contributed by atoms with Gasteiger partial charge in [0.2, 0.25) is 0 Å². The van der Waals surface area contributed by atoms with Crippen molar-refractivity contribution in [3.63, 3.8) is 0 Å². The molecule has 2 rings (SSSR count). The Hall–Kier alpha value is 0.0400. The fraction of sp³-hybridized carbons (Fsp3) is 0.625. The van der Waals surface area contributed by atoms with Gasteiger partial charge >= 0.3 is 0 Å². The first-order valence-electron chi connectivity index (χ1n) is 4.14. The number of fused-ring (bicyclic) bond motifs is 1. The quantitative estimate of drug-likeness (QED) is 0.758. The highest BCUT2D eigenvalue weighted by Crippen LogP contribution is 2.30. The van der Waals surface area contributed by atoms with E-state index in [2.05, 4.69) is 28.0 Å². The molecule has 0 bridgehead atoms. The molecule has 0 saturated heterocycles. The van der Waals surface area contributed by atoms with Crippen LogP contribution in [0.3, 0.4) is 0 Å². The number of thioether (sulfide) groups is 1. The van der Waals surface area contributed by atoms with E-state index in [1.807, 2.05) is 16.4 Å². The highest BCUT2D eigenvalue weighted by Gasteiger charge is 2.18. The second kappa shape index (κ2) is 3.42. The van der Waals surface area contributed by atoms with Crippen molar-refractivity contribution >= 4 is 27.7 Å². The maximum Gasteiger partial charge on any atom is 0.108 e. The zero-order valence-electron chi connectivity index (χ0n) is 7.01. The third kappa shape index (κ3) is 1.31. The zero-order valence-corrected chi connectivity index (χ0v) is 9.41. The second-order valence-corrected chi connectivity index (χ2v) is 4.69. The standard InChI is InChI=1S/C8H11BrN2S/c1-2-11-8(9)6-5-12-4-3-7(6)10-11/h2-5H2,1H3. The Balaban J connectivity index is 2.44. The maximum atomic E-state index is 4.53. The fourth-order valence-electron chi connectivity index (χ4n) is 1.42. The van der Waals surface area contributed by atoms with Crippen LogP contribution in [0.1, 0.15) is 18.2 Å². The molecular formula is C8H11BrN2S. The van der Waals surface area contributed by atoms with Crippen molar-refractivity contribution in [2.75, 3.05) is 5.75 Å². The molecule has 2 heterocycles. The van der Waals surface area contributed by atoms with Gasteiger partial charge in [-0.25, -0.2) is 0 Å². The molecule has 0 aromatic carbocycles. The van der Waals surface area contributed by atoms with Crippen LogP contribution < -0.4 is 0 Å². The van der Waals surface area contributed by atoms with Crippen molar-refractivity contribution in [2.45, 2.75) is 25.6 Å². The van der Waals surface area contributed by atoms with E-state index in [4.69, 9.17) is 0 Å². The summed E-state index contributed by atoms with van der Waals surface area (Å²) in [6, 6.07) is 0. The molecule has 1 aliphatic heterocycles. The predicted molar refractivity (Wildman–Crippen MR) is 55.5 cm³/mol. The highest BCUT2D eigenvalue weighted by molar-refractivity contribution is 9.10. The Bertz CT molecular complexity index is 295. The minimum Gasteiger partial charge on any atom is -0.258 e. The molecular weight excluding hydrogens is 236 g/mol. The van der Waals surface area contributed by atoms with Crippen molar-refractivity contribution in [2.24, 2.45) is 0 Å². The molecule has 12 heavy (non-hydrogen) atoms. The molecule has 0 saturated carbocycles. The van der Waals surface area contributed by atoms with Crippen molar-refractivity contribution < 1.29 is 0 Å². The summed E-state index contributed by atoms with van der Waals surface area (Å²) in [5, 5.41) is 4.53. The summed E-state index contributed by atoms with van der Waals surface area (Å²) in [4.78, 5) is 0. The number of hydrogen-bond acceptors (Lipinski definition) is 2. The third-order valence-electron chi connectivity index (χ3n) is 2.09. The van der Waals surface area contributed by atoms with Gasteiger partial charge in [-0.2, -0.15) is 16.9 Å². The van der Waals surface area contributed by atoms with Gasteiger partial charge in [-0.1, -0.05) is 0 Å². The van der Waals surface area contributed by atoms with Gasteiger partial charge in [-0.3, -0.25) is 4.68 Å².